The van der Waals surface area contributed by atoms with Crippen molar-refractivity contribution in [2.24, 2.45) is 0 Å². The van der Waals surface area contributed by atoms with Crippen molar-refractivity contribution in [1.82, 2.24) is 10.5 Å². The highest BCUT2D eigenvalue weighted by Crippen LogP contribution is 2.25. The molecule has 18 heavy (non-hydrogen) atoms. The Morgan fingerprint density at radius 3 is 3.00 bits per heavy atom. The van der Waals surface area contributed by atoms with E-state index in [-0.39, 0.29) is 6.54 Å². The molecule has 6 nitrogen and oxygen atoms in total. The van der Waals surface area contributed by atoms with Gasteiger partial charge in [0, 0.05) is 17.3 Å². The number of carboxylic acid groups (broad SMARTS) is 1. The molecule has 0 aliphatic heterocycles. The normalized spacial score (nSPS) is 10.3. The summed E-state index contributed by atoms with van der Waals surface area (Å²) in [5, 5.41) is 14.6. The maximum Gasteiger partial charge on any atom is 0.405 e. The lowest BCUT2D eigenvalue weighted by molar-refractivity contribution is 0.192. The topological polar surface area (TPSA) is 101 Å². The lowest BCUT2D eigenvalue weighted by Gasteiger charge is -2.02. The molecule has 94 valence electrons. The van der Waals surface area contributed by atoms with E-state index in [1.165, 1.54) is 0 Å². The number of aryl methyl sites for hydroxylation is 1. The number of benzene rings is 1. The molecule has 2 aromatic rings. The van der Waals surface area contributed by atoms with Crippen LogP contribution in [0.1, 0.15) is 11.3 Å². The number of aromatic nitrogens is 1. The lowest BCUT2D eigenvalue weighted by Crippen LogP contribution is -2.19. The number of nitrogens with two attached hydrogens (primary N) is 1. The fourth-order valence-electron chi connectivity index (χ4n) is 1.60. The minimum absolute atomic E-state index is 0.0870. The molecule has 0 fully saturated rings. The van der Waals surface area contributed by atoms with Crippen LogP contribution in [-0.2, 0) is 6.54 Å². The van der Waals surface area contributed by atoms with E-state index in [2.05, 4.69) is 10.5 Å². The molecule has 0 aliphatic rings. The lowest BCUT2D eigenvalue weighted by atomic mass is 10.0. The Bertz CT molecular complexity index is 578. The highest BCUT2D eigenvalue weighted by molar-refractivity contribution is 5.68. The van der Waals surface area contributed by atoms with Gasteiger partial charge in [0.25, 0.3) is 0 Å². The zero-order valence-corrected chi connectivity index (χ0v) is 9.80. The van der Waals surface area contributed by atoms with E-state index >= 15 is 0 Å². The van der Waals surface area contributed by atoms with Crippen LogP contribution in [-0.4, -0.2) is 16.4 Å². The molecule has 0 saturated heterocycles. The Hall–Kier alpha value is -2.50. The first-order chi connectivity index (χ1) is 8.56. The van der Waals surface area contributed by atoms with Crippen molar-refractivity contribution in [2.45, 2.75) is 13.5 Å². The van der Waals surface area contributed by atoms with E-state index < -0.39 is 6.09 Å². The summed E-state index contributed by atoms with van der Waals surface area (Å²) in [6, 6.07) is 7.21. The van der Waals surface area contributed by atoms with Gasteiger partial charge in [0.2, 0.25) is 0 Å². The predicted molar refractivity (Wildman–Crippen MR) is 66.0 cm³/mol. The van der Waals surface area contributed by atoms with E-state index in [0.29, 0.717) is 17.1 Å². The van der Waals surface area contributed by atoms with E-state index in [9.17, 15) is 4.79 Å². The summed E-state index contributed by atoms with van der Waals surface area (Å²) < 4.78 is 5.05. The van der Waals surface area contributed by atoms with Crippen molar-refractivity contribution < 1.29 is 14.4 Å². The first-order valence-corrected chi connectivity index (χ1v) is 5.35. The van der Waals surface area contributed by atoms with Crippen LogP contribution in [0.4, 0.5) is 10.5 Å². The second-order valence-corrected chi connectivity index (χ2v) is 3.91. The molecular formula is C12H13N3O3. The monoisotopic (exact) mass is 247 g/mol. The average molecular weight is 247 g/mol. The van der Waals surface area contributed by atoms with Crippen molar-refractivity contribution in [1.29, 1.82) is 0 Å². The number of amides is 1. The van der Waals surface area contributed by atoms with Crippen LogP contribution < -0.4 is 11.1 Å². The van der Waals surface area contributed by atoms with Crippen LogP contribution in [0.25, 0.3) is 11.3 Å². The number of nitrogens with zero attached hydrogens (tertiary/aromatic N) is 1. The van der Waals surface area contributed by atoms with Gasteiger partial charge in [0.1, 0.15) is 5.69 Å². The zero-order valence-electron chi connectivity index (χ0n) is 9.80. The van der Waals surface area contributed by atoms with Gasteiger partial charge < -0.3 is 20.7 Å². The molecule has 0 bridgehead atoms. The minimum atomic E-state index is -1.10. The Balaban J connectivity index is 2.23. The van der Waals surface area contributed by atoms with Gasteiger partial charge in [-0.3, -0.25) is 0 Å². The van der Waals surface area contributed by atoms with Gasteiger partial charge in [-0.25, -0.2) is 4.79 Å². The Labute approximate surface area is 103 Å². The standard InChI is InChI=1S/C12H13N3O3/c1-7-2-3-8(13)4-10(7)11-5-9(18-15-11)6-14-12(16)17/h2-5,14H,6,13H2,1H3,(H,16,17). The highest BCUT2D eigenvalue weighted by Gasteiger charge is 2.09. The third-order valence-electron chi connectivity index (χ3n) is 2.51. The summed E-state index contributed by atoms with van der Waals surface area (Å²) in [5.74, 6) is 0.453. The molecule has 2 rings (SSSR count). The van der Waals surface area contributed by atoms with Crippen molar-refractivity contribution >= 4 is 11.8 Å². The molecular weight excluding hydrogens is 234 g/mol. The summed E-state index contributed by atoms with van der Waals surface area (Å²) in [6.45, 7) is 2.03. The zero-order chi connectivity index (χ0) is 13.1. The van der Waals surface area contributed by atoms with Gasteiger partial charge in [0.05, 0.1) is 6.54 Å². The summed E-state index contributed by atoms with van der Waals surface area (Å²) in [5.41, 5.74) is 8.90. The molecule has 1 amide bonds. The first kappa shape index (κ1) is 12.0. The number of carbonyl (C=O) groups is 1. The van der Waals surface area contributed by atoms with Gasteiger partial charge >= 0.3 is 6.09 Å². The van der Waals surface area contributed by atoms with Crippen LogP contribution in [0.2, 0.25) is 0 Å². The molecule has 0 aliphatic carbocycles. The van der Waals surface area contributed by atoms with Crippen molar-refractivity contribution in [3.63, 3.8) is 0 Å². The average Bonchev–Trinajstić information content (AvgIpc) is 2.78. The SMILES string of the molecule is Cc1ccc(N)cc1-c1cc(CNC(=O)O)on1. The molecule has 0 atom stereocenters. The minimum Gasteiger partial charge on any atom is -0.465 e. The second kappa shape index (κ2) is 4.79. The number of hydrogen-bond acceptors (Lipinski definition) is 4. The second-order valence-electron chi connectivity index (χ2n) is 3.91. The van der Waals surface area contributed by atoms with Gasteiger partial charge in [-0.1, -0.05) is 11.2 Å². The van der Waals surface area contributed by atoms with E-state index in [4.69, 9.17) is 15.4 Å². The smallest absolute Gasteiger partial charge is 0.405 e. The number of anilines is 1. The summed E-state index contributed by atoms with van der Waals surface area (Å²) >= 11 is 0. The first-order valence-electron chi connectivity index (χ1n) is 5.35. The Morgan fingerprint density at radius 1 is 1.50 bits per heavy atom. The molecule has 0 spiro atoms. The van der Waals surface area contributed by atoms with Crippen LogP contribution in [0.15, 0.2) is 28.8 Å². The van der Waals surface area contributed by atoms with Gasteiger partial charge in [-0.15, -0.1) is 0 Å². The van der Waals surface area contributed by atoms with E-state index in [0.717, 1.165) is 11.1 Å². The molecule has 0 radical (unpaired) electrons. The molecule has 1 heterocycles. The molecule has 1 aromatic heterocycles. The van der Waals surface area contributed by atoms with E-state index in [1.54, 1.807) is 6.07 Å². The third kappa shape index (κ3) is 2.60. The summed E-state index contributed by atoms with van der Waals surface area (Å²) in [4.78, 5) is 10.4. The molecule has 0 saturated carbocycles. The van der Waals surface area contributed by atoms with Crippen LogP contribution in [0.3, 0.4) is 0 Å². The van der Waals surface area contributed by atoms with Crippen LogP contribution in [0, 0.1) is 6.92 Å². The summed E-state index contributed by atoms with van der Waals surface area (Å²) in [6.07, 6.45) is -1.10. The van der Waals surface area contributed by atoms with Crippen molar-refractivity contribution in [3.8, 4) is 11.3 Å². The van der Waals surface area contributed by atoms with Gasteiger partial charge in [-0.05, 0) is 24.6 Å². The Morgan fingerprint density at radius 2 is 2.28 bits per heavy atom. The largest absolute Gasteiger partial charge is 0.465 e. The third-order valence-corrected chi connectivity index (χ3v) is 2.51. The maximum atomic E-state index is 10.4. The van der Waals surface area contributed by atoms with Crippen molar-refractivity contribution in [2.75, 3.05) is 5.73 Å². The fraction of sp³-hybridized carbons (Fsp3) is 0.167. The number of nitrogen functional groups attached to an aromatic ring is 1. The maximum absolute atomic E-state index is 10.4. The summed E-state index contributed by atoms with van der Waals surface area (Å²) in [7, 11) is 0. The highest BCUT2D eigenvalue weighted by atomic mass is 16.5. The van der Waals surface area contributed by atoms with Gasteiger partial charge in [-0.2, -0.15) is 0 Å². The predicted octanol–water partition coefficient (Wildman–Crippen LogP) is 2.00. The van der Waals surface area contributed by atoms with Crippen molar-refractivity contribution in [3.05, 3.63) is 35.6 Å². The number of rotatable bonds is 3. The molecule has 6 heteroatoms. The van der Waals surface area contributed by atoms with Crippen LogP contribution in [0.5, 0.6) is 0 Å². The molecule has 4 N–H and O–H groups in total. The van der Waals surface area contributed by atoms with Crippen LogP contribution >= 0.6 is 0 Å². The quantitative estimate of drug-likeness (QED) is 0.720. The number of nitrogens with one attached hydrogen (secondary N) is 1. The molecule has 1 aromatic carbocycles. The molecule has 0 unspecified atom stereocenters. The van der Waals surface area contributed by atoms with Gasteiger partial charge in [0.15, 0.2) is 5.76 Å². The fourth-order valence-corrected chi connectivity index (χ4v) is 1.60. The Kier molecular flexibility index (Phi) is 3.18. The van der Waals surface area contributed by atoms with E-state index in [1.807, 2.05) is 25.1 Å². The number of hydrogen-bond donors (Lipinski definition) is 3.